The molecule has 0 bridgehead atoms. The van der Waals surface area contributed by atoms with Crippen LogP contribution in [0.25, 0.3) is 0 Å². The van der Waals surface area contributed by atoms with Crippen molar-refractivity contribution in [1.29, 1.82) is 0 Å². The van der Waals surface area contributed by atoms with Crippen LogP contribution in [-0.2, 0) is 32.3 Å². The van der Waals surface area contributed by atoms with Crippen LogP contribution in [-0.4, -0.2) is 38.8 Å². The number of sulfone groups is 1. The molecular formula is C24H26FN3O3S. The van der Waals surface area contributed by atoms with Gasteiger partial charge in [-0.05, 0) is 61.6 Å². The number of H-pyrrole nitrogens is 1. The summed E-state index contributed by atoms with van der Waals surface area (Å²) in [6.07, 6.45) is 3.75. The summed E-state index contributed by atoms with van der Waals surface area (Å²) in [6.45, 7) is 1.25. The molecule has 8 heteroatoms. The first-order valence-electron chi connectivity index (χ1n) is 10.8. The van der Waals surface area contributed by atoms with Crippen molar-refractivity contribution in [1.82, 2.24) is 15.5 Å². The zero-order valence-electron chi connectivity index (χ0n) is 17.8. The average Bonchev–Trinajstić information content (AvgIpc) is 3.26. The van der Waals surface area contributed by atoms with Crippen molar-refractivity contribution in [3.05, 3.63) is 83.4 Å². The van der Waals surface area contributed by atoms with E-state index >= 15 is 0 Å². The molecule has 0 radical (unpaired) electrons. The molecular weight excluding hydrogens is 429 g/mol. The molecule has 1 aliphatic carbocycles. The monoisotopic (exact) mass is 455 g/mol. The van der Waals surface area contributed by atoms with Gasteiger partial charge in [-0.25, -0.2) is 12.8 Å². The number of hydrogen-bond donors (Lipinski definition) is 2. The Morgan fingerprint density at radius 3 is 2.62 bits per heavy atom. The Bertz CT molecular complexity index is 1210. The molecule has 0 amide bonds. The van der Waals surface area contributed by atoms with Crippen molar-refractivity contribution < 1.29 is 17.5 Å². The summed E-state index contributed by atoms with van der Waals surface area (Å²) in [5, 5.41) is 10.7. The minimum absolute atomic E-state index is 0.0280. The molecule has 3 atom stereocenters. The SMILES string of the molecule is COC(c1ccc(F)cc1)([C@@]12CNCC[C@H]1Cc1[nH]ncc1C2)S(=O)(=O)c1ccccc1. The van der Waals surface area contributed by atoms with Gasteiger partial charge in [0.15, 0.2) is 0 Å². The predicted molar refractivity (Wildman–Crippen MR) is 118 cm³/mol. The third kappa shape index (κ3) is 2.89. The Labute approximate surface area is 187 Å². The minimum Gasteiger partial charge on any atom is -0.357 e. The summed E-state index contributed by atoms with van der Waals surface area (Å²) in [5.41, 5.74) is 1.67. The first-order valence-corrected chi connectivity index (χ1v) is 12.3. The maximum absolute atomic E-state index is 14.5. The lowest BCUT2D eigenvalue weighted by Crippen LogP contribution is -2.65. The van der Waals surface area contributed by atoms with Crippen LogP contribution < -0.4 is 5.32 Å². The van der Waals surface area contributed by atoms with Crippen molar-refractivity contribution in [3.63, 3.8) is 0 Å². The van der Waals surface area contributed by atoms with Crippen LogP contribution in [0.1, 0.15) is 23.2 Å². The quantitative estimate of drug-likeness (QED) is 0.617. The number of aromatic nitrogens is 2. The van der Waals surface area contributed by atoms with E-state index in [1.54, 1.807) is 48.7 Å². The molecule has 1 saturated heterocycles. The van der Waals surface area contributed by atoms with Crippen molar-refractivity contribution in [2.75, 3.05) is 20.2 Å². The van der Waals surface area contributed by atoms with Gasteiger partial charge >= 0.3 is 0 Å². The second-order valence-corrected chi connectivity index (χ2v) is 10.8. The van der Waals surface area contributed by atoms with Crippen molar-refractivity contribution in [2.24, 2.45) is 11.3 Å². The average molecular weight is 456 g/mol. The molecule has 2 heterocycles. The Morgan fingerprint density at radius 2 is 1.91 bits per heavy atom. The number of fused-ring (bicyclic) bond motifs is 2. The maximum Gasteiger partial charge on any atom is 0.213 e. The number of piperidine rings is 1. The van der Waals surface area contributed by atoms with Gasteiger partial charge in [-0.1, -0.05) is 30.3 Å². The first-order chi connectivity index (χ1) is 15.4. The van der Waals surface area contributed by atoms with Crippen LogP contribution in [0.3, 0.4) is 0 Å². The van der Waals surface area contributed by atoms with E-state index in [1.807, 2.05) is 0 Å². The van der Waals surface area contributed by atoms with Gasteiger partial charge in [0.25, 0.3) is 0 Å². The molecule has 32 heavy (non-hydrogen) atoms. The summed E-state index contributed by atoms with van der Waals surface area (Å²) >= 11 is 0. The highest BCUT2D eigenvalue weighted by atomic mass is 32.2. The van der Waals surface area contributed by atoms with Gasteiger partial charge in [-0.15, -0.1) is 0 Å². The van der Waals surface area contributed by atoms with Gasteiger partial charge in [0, 0.05) is 30.3 Å². The molecule has 6 nitrogen and oxygen atoms in total. The smallest absolute Gasteiger partial charge is 0.213 e. The fourth-order valence-corrected chi connectivity index (χ4v) is 8.20. The van der Waals surface area contributed by atoms with Gasteiger partial charge in [-0.2, -0.15) is 5.10 Å². The minimum atomic E-state index is -4.06. The molecule has 0 saturated carbocycles. The Hall–Kier alpha value is -2.55. The van der Waals surface area contributed by atoms with Crippen LogP contribution in [0.5, 0.6) is 0 Å². The number of benzene rings is 2. The zero-order chi connectivity index (χ0) is 22.4. The molecule has 1 aromatic heterocycles. The number of nitrogens with one attached hydrogen (secondary N) is 2. The Balaban J connectivity index is 1.83. The summed E-state index contributed by atoms with van der Waals surface area (Å²) < 4.78 is 49.1. The fraction of sp³-hybridized carbons (Fsp3) is 0.375. The summed E-state index contributed by atoms with van der Waals surface area (Å²) in [6, 6.07) is 14.1. The van der Waals surface area contributed by atoms with E-state index in [-0.39, 0.29) is 10.8 Å². The summed E-state index contributed by atoms with van der Waals surface area (Å²) in [5.74, 6) is -0.396. The third-order valence-corrected chi connectivity index (χ3v) is 9.71. The van der Waals surface area contributed by atoms with E-state index < -0.39 is 26.0 Å². The number of hydrogen-bond acceptors (Lipinski definition) is 5. The van der Waals surface area contributed by atoms with Crippen LogP contribution in [0.15, 0.2) is 65.7 Å². The summed E-state index contributed by atoms with van der Waals surface area (Å²) in [7, 11) is -2.61. The van der Waals surface area contributed by atoms with Gasteiger partial charge in [0.05, 0.1) is 11.1 Å². The molecule has 168 valence electrons. The highest BCUT2D eigenvalue weighted by molar-refractivity contribution is 7.92. The number of halogens is 1. The predicted octanol–water partition coefficient (Wildman–Crippen LogP) is 3.22. The van der Waals surface area contributed by atoms with Gasteiger partial charge in [0.2, 0.25) is 14.8 Å². The van der Waals surface area contributed by atoms with Crippen LogP contribution >= 0.6 is 0 Å². The molecule has 2 aliphatic rings. The molecule has 1 fully saturated rings. The van der Waals surface area contributed by atoms with E-state index in [0.29, 0.717) is 24.9 Å². The van der Waals surface area contributed by atoms with Crippen molar-refractivity contribution >= 4 is 9.84 Å². The Kier molecular flexibility index (Phi) is 5.19. The lowest BCUT2D eigenvalue weighted by atomic mass is 9.58. The molecule has 3 aromatic rings. The van der Waals surface area contributed by atoms with E-state index in [2.05, 4.69) is 15.5 Å². The largest absolute Gasteiger partial charge is 0.357 e. The molecule has 2 aromatic carbocycles. The number of ether oxygens (including phenoxy) is 1. The fourth-order valence-electron chi connectivity index (χ4n) is 5.84. The standard InChI is InChI=1S/C24H26FN3O3S/c1-31-24(18-7-9-20(25)10-8-18,32(29,30)21-5-3-2-4-6-21)23-14-17-15-27-28-22(17)13-19(23)11-12-26-16-23/h2-10,15,19,26H,11-14,16H2,1H3,(H,27,28)/t19-,23-,24?/m0/s1. The topological polar surface area (TPSA) is 84.1 Å². The van der Waals surface area contributed by atoms with Crippen LogP contribution in [0.4, 0.5) is 4.39 Å². The second kappa shape index (κ2) is 7.79. The molecule has 1 aliphatic heterocycles. The number of methoxy groups -OCH3 is 1. The zero-order valence-corrected chi connectivity index (χ0v) is 18.7. The van der Waals surface area contributed by atoms with Gasteiger partial charge in [-0.3, -0.25) is 5.10 Å². The van der Waals surface area contributed by atoms with E-state index in [9.17, 15) is 12.8 Å². The number of rotatable bonds is 5. The molecule has 1 unspecified atom stereocenters. The van der Waals surface area contributed by atoms with Crippen molar-refractivity contribution in [2.45, 2.75) is 29.1 Å². The maximum atomic E-state index is 14.5. The van der Waals surface area contributed by atoms with Crippen LogP contribution in [0, 0.1) is 17.2 Å². The lowest BCUT2D eigenvalue weighted by molar-refractivity contribution is -0.103. The van der Waals surface area contributed by atoms with Gasteiger partial charge in [0.1, 0.15) is 5.82 Å². The third-order valence-electron chi connectivity index (χ3n) is 7.25. The highest BCUT2D eigenvalue weighted by Gasteiger charge is 2.66. The van der Waals surface area contributed by atoms with Gasteiger partial charge < -0.3 is 10.1 Å². The van der Waals surface area contributed by atoms with Crippen LogP contribution in [0.2, 0.25) is 0 Å². The molecule has 5 rings (SSSR count). The van der Waals surface area contributed by atoms with Crippen molar-refractivity contribution in [3.8, 4) is 0 Å². The Morgan fingerprint density at radius 1 is 1.16 bits per heavy atom. The molecule has 2 N–H and O–H groups in total. The first kappa shape index (κ1) is 21.3. The van der Waals surface area contributed by atoms with E-state index in [4.69, 9.17) is 4.74 Å². The number of aromatic amines is 1. The highest BCUT2D eigenvalue weighted by Crippen LogP contribution is 2.59. The summed E-state index contributed by atoms with van der Waals surface area (Å²) in [4.78, 5) is -1.54. The van der Waals surface area contributed by atoms with E-state index in [1.165, 1.54) is 19.2 Å². The lowest BCUT2D eigenvalue weighted by Gasteiger charge is -2.56. The van der Waals surface area contributed by atoms with E-state index in [0.717, 1.165) is 24.2 Å². The normalized spacial score (nSPS) is 24.9. The number of nitrogens with zero attached hydrogens (tertiary/aromatic N) is 1. The molecule has 0 spiro atoms. The second-order valence-electron chi connectivity index (χ2n) is 8.72.